The highest BCUT2D eigenvalue weighted by Crippen LogP contribution is 2.38. The van der Waals surface area contributed by atoms with Crippen LogP contribution in [0.1, 0.15) is 38.4 Å². The third-order valence-corrected chi connectivity index (χ3v) is 6.95. The Morgan fingerprint density at radius 3 is 2.32 bits per heavy atom. The van der Waals surface area contributed by atoms with Crippen molar-refractivity contribution < 1.29 is 54.2 Å². The summed E-state index contributed by atoms with van der Waals surface area (Å²) in [6, 6.07) is 7.11. The number of benzene rings is 2. The van der Waals surface area contributed by atoms with Crippen LogP contribution in [-0.4, -0.2) is 88.5 Å². The zero-order chi connectivity index (χ0) is 32.9. The molecule has 2 heterocycles. The van der Waals surface area contributed by atoms with Crippen LogP contribution in [0.15, 0.2) is 35.1 Å². The zero-order valence-corrected chi connectivity index (χ0v) is 24.2. The molecule has 240 valence electrons. The van der Waals surface area contributed by atoms with Gasteiger partial charge < -0.3 is 46.0 Å². The third-order valence-electron chi connectivity index (χ3n) is 6.95. The Labute approximate surface area is 249 Å². The predicted molar refractivity (Wildman–Crippen MR) is 153 cm³/mol. The minimum atomic E-state index is -2.27. The lowest BCUT2D eigenvalue weighted by atomic mass is 9.97. The maximum Gasteiger partial charge on any atom is 0.335 e. The van der Waals surface area contributed by atoms with E-state index in [1.54, 1.807) is 17.7 Å². The minimum Gasteiger partial charge on any atom is -0.508 e. The van der Waals surface area contributed by atoms with Gasteiger partial charge in [-0.3, -0.25) is 13.9 Å². The Kier molecular flexibility index (Phi) is 10.7. The molecule has 2 unspecified atom stereocenters. The summed E-state index contributed by atoms with van der Waals surface area (Å²) in [5.41, 5.74) is 1.37. The summed E-state index contributed by atoms with van der Waals surface area (Å²) in [5, 5.41) is 59.2. The van der Waals surface area contributed by atoms with Crippen molar-refractivity contribution in [2.75, 3.05) is 18.5 Å². The molecule has 2 aromatic carbocycles. The van der Waals surface area contributed by atoms with E-state index >= 15 is 0 Å². The van der Waals surface area contributed by atoms with Crippen LogP contribution >= 0.6 is 0 Å². The van der Waals surface area contributed by atoms with Crippen LogP contribution in [0.4, 0.5) is 10.1 Å². The number of anilines is 1. The van der Waals surface area contributed by atoms with Crippen molar-refractivity contribution in [2.24, 2.45) is 7.05 Å². The van der Waals surface area contributed by atoms with E-state index in [0.29, 0.717) is 47.4 Å². The van der Waals surface area contributed by atoms with Gasteiger partial charge in [0.1, 0.15) is 17.3 Å². The van der Waals surface area contributed by atoms with Crippen LogP contribution in [0.25, 0.3) is 11.0 Å². The number of imidazole rings is 1. The third kappa shape index (κ3) is 8.10. The second-order valence-corrected chi connectivity index (χ2v) is 10.8. The number of aromatic nitrogens is 2. The lowest BCUT2D eigenvalue weighted by Crippen LogP contribution is -2.42. The van der Waals surface area contributed by atoms with Gasteiger partial charge in [0.2, 0.25) is 0 Å². The number of carboxylic acids is 2. The predicted octanol–water partition coefficient (Wildman–Crippen LogP) is 0.275. The number of amides is 1. The summed E-state index contributed by atoms with van der Waals surface area (Å²) >= 11 is 0. The van der Waals surface area contributed by atoms with Crippen molar-refractivity contribution in [3.05, 3.63) is 52.2 Å². The number of halogens is 1. The van der Waals surface area contributed by atoms with E-state index in [4.69, 9.17) is 25.2 Å². The molecule has 0 radical (unpaired) electrons. The van der Waals surface area contributed by atoms with Crippen molar-refractivity contribution in [1.29, 1.82) is 0 Å². The average molecular weight is 623 g/mol. The molecule has 0 saturated heterocycles. The number of aliphatic hydroxyl groups is 3. The second-order valence-electron chi connectivity index (χ2n) is 10.8. The number of β-amino-alcohol motifs (C(OH)–C–C–N with tert-alkyl or cyclic N) is 1. The molecule has 16 heteroatoms. The summed E-state index contributed by atoms with van der Waals surface area (Å²) in [4.78, 5) is 43.7. The maximum absolute atomic E-state index is 13.7. The lowest BCUT2D eigenvalue weighted by Gasteiger charge is -2.29. The van der Waals surface area contributed by atoms with E-state index in [1.807, 2.05) is 13.8 Å². The van der Waals surface area contributed by atoms with Gasteiger partial charge in [-0.1, -0.05) is 0 Å². The number of phenolic OH excluding ortho intramolecular Hbond substituents is 1. The number of fused-ring (bicyclic) bond motifs is 2. The number of nitrogens with one attached hydrogen (secondary N) is 2. The largest absolute Gasteiger partial charge is 0.508 e. The fourth-order valence-corrected chi connectivity index (χ4v) is 4.58. The fourth-order valence-electron chi connectivity index (χ4n) is 4.58. The molecule has 1 aliphatic heterocycles. The van der Waals surface area contributed by atoms with Gasteiger partial charge in [-0.2, -0.15) is 0 Å². The average Bonchev–Trinajstić information content (AvgIpc) is 3.18. The number of aryl methyl sites for hydroxylation is 2. The second kappa shape index (κ2) is 13.9. The summed E-state index contributed by atoms with van der Waals surface area (Å²) in [7, 11) is 1.67. The number of aromatic hydroxyl groups is 1. The van der Waals surface area contributed by atoms with E-state index in [0.717, 1.165) is 0 Å². The van der Waals surface area contributed by atoms with E-state index in [1.165, 1.54) is 28.8 Å². The zero-order valence-electron chi connectivity index (χ0n) is 24.2. The standard InChI is InChI=1S/C24H29FN4O5.C4H6O6/c1-24(2,7-4-8-29-19-9-14(25)5-6-18(19)28(3)23(29)33)26-12-20(31)16-10-15(30)11-17-22(16)34-13-21(32)27-17;5-1(3(7)8)2(6)4(9)10/h5-6,9-11,20,26,30-31H,4,7-8,12-13H2,1-3H3,(H,27,32);1-2,5-6H,(H,7,8)(H,9,10)/t20-;/m0./s1. The molecule has 0 fully saturated rings. The van der Waals surface area contributed by atoms with E-state index in [-0.39, 0.29) is 41.9 Å². The summed E-state index contributed by atoms with van der Waals surface area (Å²) < 4.78 is 22.3. The Bertz CT molecular complexity index is 1580. The molecular formula is C28H35FN4O11. The van der Waals surface area contributed by atoms with Crippen molar-refractivity contribution in [3.63, 3.8) is 0 Å². The molecule has 0 saturated carbocycles. The summed E-state index contributed by atoms with van der Waals surface area (Å²) in [5.74, 6) is -4.00. The number of rotatable bonds is 11. The topological polar surface area (TPSA) is 233 Å². The number of phenols is 1. The van der Waals surface area contributed by atoms with Crippen LogP contribution < -0.4 is 21.1 Å². The first-order chi connectivity index (χ1) is 20.5. The van der Waals surface area contributed by atoms with Gasteiger partial charge in [-0.05, 0) is 51.0 Å². The van der Waals surface area contributed by atoms with Gasteiger partial charge in [0.25, 0.3) is 5.91 Å². The van der Waals surface area contributed by atoms with Crippen LogP contribution in [0.3, 0.4) is 0 Å². The minimum absolute atomic E-state index is 0.0881. The fraction of sp³-hybridized carbons (Fsp3) is 0.429. The van der Waals surface area contributed by atoms with Gasteiger partial charge in [-0.25, -0.2) is 18.8 Å². The first-order valence-corrected chi connectivity index (χ1v) is 13.4. The molecule has 0 bridgehead atoms. The van der Waals surface area contributed by atoms with Gasteiger partial charge in [0.05, 0.1) is 22.8 Å². The Morgan fingerprint density at radius 2 is 1.70 bits per heavy atom. The number of aliphatic carboxylic acids is 2. The maximum atomic E-state index is 13.7. The van der Waals surface area contributed by atoms with Crippen molar-refractivity contribution in [2.45, 2.75) is 57.1 Å². The van der Waals surface area contributed by atoms with E-state index in [2.05, 4.69) is 10.6 Å². The number of ether oxygens (including phenoxy) is 1. The molecular weight excluding hydrogens is 587 g/mol. The van der Waals surface area contributed by atoms with Crippen molar-refractivity contribution >= 4 is 34.6 Å². The number of carbonyl (C=O) groups excluding carboxylic acids is 1. The van der Waals surface area contributed by atoms with Crippen molar-refractivity contribution in [1.82, 2.24) is 14.5 Å². The molecule has 1 amide bonds. The molecule has 3 atom stereocenters. The van der Waals surface area contributed by atoms with Gasteiger partial charge >= 0.3 is 17.6 Å². The Balaban J connectivity index is 0.000000456. The number of aliphatic hydroxyl groups excluding tert-OH is 3. The van der Waals surface area contributed by atoms with E-state index < -0.39 is 30.3 Å². The highest BCUT2D eigenvalue weighted by Gasteiger charge is 2.29. The van der Waals surface area contributed by atoms with Gasteiger partial charge in [-0.15, -0.1) is 0 Å². The van der Waals surface area contributed by atoms with Crippen LogP contribution in [0.2, 0.25) is 0 Å². The smallest absolute Gasteiger partial charge is 0.335 e. The number of carboxylic acid groups (broad SMARTS) is 2. The van der Waals surface area contributed by atoms with E-state index in [9.17, 15) is 33.8 Å². The molecule has 8 N–H and O–H groups in total. The number of hydrogen-bond acceptors (Lipinski definition) is 10. The Hall–Kier alpha value is -4.51. The quantitative estimate of drug-likeness (QED) is 0.144. The first kappa shape index (κ1) is 34.0. The van der Waals surface area contributed by atoms with Gasteiger partial charge in [0, 0.05) is 37.3 Å². The summed E-state index contributed by atoms with van der Waals surface area (Å²) in [6.07, 6.45) is -4.18. The Morgan fingerprint density at radius 1 is 1.07 bits per heavy atom. The van der Waals surface area contributed by atoms with Crippen LogP contribution in [-0.2, 0) is 28.0 Å². The highest BCUT2D eigenvalue weighted by atomic mass is 19.1. The molecule has 0 aliphatic carbocycles. The summed E-state index contributed by atoms with van der Waals surface area (Å²) in [6.45, 7) is 4.42. The molecule has 1 aliphatic rings. The molecule has 3 aromatic rings. The highest BCUT2D eigenvalue weighted by molar-refractivity contribution is 5.96. The lowest BCUT2D eigenvalue weighted by molar-refractivity contribution is -0.165. The number of nitrogens with zero attached hydrogens (tertiary/aromatic N) is 2. The molecule has 15 nitrogen and oxygen atoms in total. The number of hydrogen-bond donors (Lipinski definition) is 8. The van der Waals surface area contributed by atoms with Gasteiger partial charge in [0.15, 0.2) is 18.8 Å². The molecule has 44 heavy (non-hydrogen) atoms. The van der Waals surface area contributed by atoms with Crippen LogP contribution in [0.5, 0.6) is 11.5 Å². The molecule has 4 rings (SSSR count). The first-order valence-electron chi connectivity index (χ1n) is 13.4. The normalized spacial score (nSPS) is 14.8. The monoisotopic (exact) mass is 622 g/mol. The number of carbonyl (C=O) groups is 3. The van der Waals surface area contributed by atoms with Crippen LogP contribution in [0, 0.1) is 5.82 Å². The van der Waals surface area contributed by atoms with Crippen molar-refractivity contribution in [3.8, 4) is 11.5 Å². The molecule has 0 spiro atoms. The SMILES string of the molecule is Cn1c(=O)n(CCCC(C)(C)NC[C@H](O)c2cc(O)cc3c2OCC(=O)N3)c2cc(F)ccc21.O=C(O)C(O)C(O)C(=O)O. The molecule has 1 aromatic heterocycles.